The van der Waals surface area contributed by atoms with Crippen LogP contribution in [0, 0.1) is 11.7 Å². The first kappa shape index (κ1) is 15.0. The fourth-order valence-corrected chi connectivity index (χ4v) is 3.63. The zero-order chi connectivity index (χ0) is 14.2. The van der Waals surface area contributed by atoms with Gasteiger partial charge in [-0.25, -0.2) is 4.39 Å². The van der Waals surface area contributed by atoms with Crippen LogP contribution in [0.4, 0.5) is 4.39 Å². The minimum Gasteiger partial charge on any atom is -0.259 e. The molecule has 2 atom stereocenters. The first-order chi connectivity index (χ1) is 8.79. The summed E-state index contributed by atoms with van der Waals surface area (Å²) >= 11 is 5.80. The van der Waals surface area contributed by atoms with E-state index in [2.05, 4.69) is 0 Å². The molecule has 1 nitrogen and oxygen atoms in total. The van der Waals surface area contributed by atoms with E-state index in [4.69, 9.17) is 11.6 Å². The van der Waals surface area contributed by atoms with Crippen molar-refractivity contribution in [1.29, 1.82) is 0 Å². The summed E-state index contributed by atoms with van der Waals surface area (Å²) in [5, 5.41) is 0.410. The molecule has 106 valence electrons. The summed E-state index contributed by atoms with van der Waals surface area (Å²) in [7, 11) is -0.962. The van der Waals surface area contributed by atoms with Crippen LogP contribution < -0.4 is 0 Å². The zero-order valence-electron chi connectivity index (χ0n) is 11.6. The summed E-state index contributed by atoms with van der Waals surface area (Å²) in [5.41, 5.74) is 0.671. The van der Waals surface area contributed by atoms with Gasteiger partial charge in [-0.2, -0.15) is 0 Å². The highest BCUT2D eigenvalue weighted by atomic mass is 35.5. The molecule has 1 aromatic rings. The molecule has 0 amide bonds. The van der Waals surface area contributed by atoms with Crippen LogP contribution in [0.2, 0.25) is 5.02 Å². The van der Waals surface area contributed by atoms with Crippen molar-refractivity contribution < 1.29 is 8.60 Å². The highest BCUT2D eigenvalue weighted by Crippen LogP contribution is 2.44. The Morgan fingerprint density at radius 3 is 2.53 bits per heavy atom. The molecular weight excluding hydrogens is 283 g/mol. The predicted molar refractivity (Wildman–Crippen MR) is 79.6 cm³/mol. The van der Waals surface area contributed by atoms with Crippen LogP contribution in [-0.2, 0) is 10.8 Å². The minimum absolute atomic E-state index is 0.0531. The van der Waals surface area contributed by atoms with Crippen molar-refractivity contribution in [2.75, 3.05) is 5.75 Å². The van der Waals surface area contributed by atoms with Crippen LogP contribution in [0.5, 0.6) is 0 Å². The van der Waals surface area contributed by atoms with E-state index < -0.39 is 10.8 Å². The van der Waals surface area contributed by atoms with Gasteiger partial charge in [-0.3, -0.25) is 4.21 Å². The van der Waals surface area contributed by atoms with Crippen molar-refractivity contribution >= 4 is 22.4 Å². The first-order valence-corrected chi connectivity index (χ1v) is 8.32. The van der Waals surface area contributed by atoms with Crippen LogP contribution in [0.15, 0.2) is 18.2 Å². The monoisotopic (exact) mass is 302 g/mol. The molecule has 1 saturated carbocycles. The van der Waals surface area contributed by atoms with E-state index in [1.54, 1.807) is 12.1 Å². The van der Waals surface area contributed by atoms with Gasteiger partial charge < -0.3 is 0 Å². The van der Waals surface area contributed by atoms with Crippen LogP contribution in [0.3, 0.4) is 0 Å². The van der Waals surface area contributed by atoms with Gasteiger partial charge in [-0.05, 0) is 57.2 Å². The summed E-state index contributed by atoms with van der Waals surface area (Å²) < 4.78 is 26.1. The zero-order valence-corrected chi connectivity index (χ0v) is 13.2. The van der Waals surface area contributed by atoms with Crippen molar-refractivity contribution in [2.45, 2.75) is 44.3 Å². The SMILES string of the molecule is CC(C)(C)[S@](=O)C[C@@H](c1ccc(Cl)cc1F)C1CC1. The Labute approximate surface area is 122 Å². The molecule has 0 unspecified atom stereocenters. The second kappa shape index (κ2) is 5.53. The van der Waals surface area contributed by atoms with Crippen molar-refractivity contribution in [3.63, 3.8) is 0 Å². The molecule has 0 saturated heterocycles. The number of halogens is 2. The van der Waals surface area contributed by atoms with E-state index in [0.717, 1.165) is 12.8 Å². The molecule has 19 heavy (non-hydrogen) atoms. The molecule has 0 aliphatic heterocycles. The summed E-state index contributed by atoms with van der Waals surface area (Å²) in [6.07, 6.45) is 2.21. The van der Waals surface area contributed by atoms with E-state index in [-0.39, 0.29) is 16.5 Å². The topological polar surface area (TPSA) is 17.1 Å². The van der Waals surface area contributed by atoms with E-state index >= 15 is 0 Å². The average Bonchev–Trinajstić information content (AvgIpc) is 3.08. The van der Waals surface area contributed by atoms with Gasteiger partial charge in [0, 0.05) is 32.2 Å². The minimum atomic E-state index is -0.962. The Bertz CT molecular complexity index is 491. The molecular formula is C15H20ClFOS. The highest BCUT2D eigenvalue weighted by molar-refractivity contribution is 7.86. The van der Waals surface area contributed by atoms with Gasteiger partial charge in [0.1, 0.15) is 5.82 Å². The molecule has 1 aliphatic carbocycles. The lowest BCUT2D eigenvalue weighted by molar-refractivity contribution is 0.562. The molecule has 0 heterocycles. The second-order valence-electron chi connectivity index (χ2n) is 6.23. The normalized spacial score (nSPS) is 19.2. The Hall–Kier alpha value is -0.410. The largest absolute Gasteiger partial charge is 0.259 e. The maximum absolute atomic E-state index is 14.1. The summed E-state index contributed by atoms with van der Waals surface area (Å²) in [4.78, 5) is 0. The summed E-state index contributed by atoms with van der Waals surface area (Å²) in [6.45, 7) is 5.89. The van der Waals surface area contributed by atoms with Crippen LogP contribution >= 0.6 is 11.6 Å². The Morgan fingerprint density at radius 1 is 1.42 bits per heavy atom. The fraction of sp³-hybridized carbons (Fsp3) is 0.600. The number of hydrogen-bond donors (Lipinski definition) is 0. The van der Waals surface area contributed by atoms with E-state index in [0.29, 0.717) is 22.3 Å². The van der Waals surface area contributed by atoms with Gasteiger partial charge in [-0.15, -0.1) is 0 Å². The fourth-order valence-electron chi connectivity index (χ4n) is 2.19. The molecule has 0 bridgehead atoms. The number of hydrogen-bond acceptors (Lipinski definition) is 1. The third kappa shape index (κ3) is 3.79. The van der Waals surface area contributed by atoms with Crippen molar-refractivity contribution in [3.05, 3.63) is 34.6 Å². The lowest BCUT2D eigenvalue weighted by atomic mass is 9.96. The van der Waals surface area contributed by atoms with E-state index in [1.165, 1.54) is 6.07 Å². The standard InChI is InChI=1S/C15H20ClFOS/c1-15(2,3)19(18)9-13(10-4-5-10)12-7-6-11(16)8-14(12)17/h6-8,10,13H,4-5,9H2,1-3H3/t13-,19-/m1/s1. The second-order valence-corrected chi connectivity index (χ2v) is 8.92. The van der Waals surface area contributed by atoms with Gasteiger partial charge in [0.05, 0.1) is 0 Å². The average molecular weight is 303 g/mol. The lowest BCUT2D eigenvalue weighted by Crippen LogP contribution is -2.27. The van der Waals surface area contributed by atoms with E-state index in [9.17, 15) is 8.60 Å². The maximum atomic E-state index is 14.1. The Morgan fingerprint density at radius 2 is 2.05 bits per heavy atom. The molecule has 1 aromatic carbocycles. The molecule has 0 N–H and O–H groups in total. The molecule has 0 radical (unpaired) electrons. The Balaban J connectivity index is 2.23. The van der Waals surface area contributed by atoms with Crippen LogP contribution in [0.25, 0.3) is 0 Å². The van der Waals surface area contributed by atoms with Crippen LogP contribution in [0.1, 0.15) is 45.1 Å². The van der Waals surface area contributed by atoms with Gasteiger partial charge in [-0.1, -0.05) is 17.7 Å². The molecule has 1 aliphatic rings. The molecule has 0 aromatic heterocycles. The highest BCUT2D eigenvalue weighted by Gasteiger charge is 2.36. The van der Waals surface area contributed by atoms with Gasteiger partial charge in [0.15, 0.2) is 0 Å². The smallest absolute Gasteiger partial charge is 0.128 e. The van der Waals surface area contributed by atoms with Crippen LogP contribution in [-0.4, -0.2) is 14.7 Å². The Kier molecular flexibility index (Phi) is 4.36. The molecule has 1 fully saturated rings. The first-order valence-electron chi connectivity index (χ1n) is 6.62. The van der Waals surface area contributed by atoms with Gasteiger partial charge >= 0.3 is 0 Å². The third-order valence-corrected chi connectivity index (χ3v) is 5.83. The summed E-state index contributed by atoms with van der Waals surface area (Å²) in [6, 6.07) is 4.82. The number of benzene rings is 1. The third-order valence-electron chi connectivity index (χ3n) is 3.57. The predicted octanol–water partition coefficient (Wildman–Crippen LogP) is 4.52. The molecule has 0 spiro atoms. The van der Waals surface area contributed by atoms with Crippen molar-refractivity contribution in [2.24, 2.45) is 5.92 Å². The quantitative estimate of drug-likeness (QED) is 0.799. The van der Waals surface area contributed by atoms with E-state index in [1.807, 2.05) is 20.8 Å². The molecule has 2 rings (SSSR count). The van der Waals surface area contributed by atoms with Crippen molar-refractivity contribution in [3.8, 4) is 0 Å². The number of rotatable bonds is 4. The maximum Gasteiger partial charge on any atom is 0.128 e. The van der Waals surface area contributed by atoms with Gasteiger partial charge in [0.2, 0.25) is 0 Å². The lowest BCUT2D eigenvalue weighted by Gasteiger charge is -2.23. The van der Waals surface area contributed by atoms with Crippen molar-refractivity contribution in [1.82, 2.24) is 0 Å². The van der Waals surface area contributed by atoms with Gasteiger partial charge in [0.25, 0.3) is 0 Å². The summed E-state index contributed by atoms with van der Waals surface area (Å²) in [5.74, 6) is 0.793. The molecule has 4 heteroatoms.